The van der Waals surface area contributed by atoms with Gasteiger partial charge in [0.2, 0.25) is 0 Å². The lowest BCUT2D eigenvalue weighted by molar-refractivity contribution is 0.242. The zero-order valence-electron chi connectivity index (χ0n) is 9.16. The van der Waals surface area contributed by atoms with Crippen LogP contribution in [0.1, 0.15) is 37.3 Å². The van der Waals surface area contributed by atoms with Gasteiger partial charge >= 0.3 is 0 Å². The molecular formula is C13H15NO. The van der Waals surface area contributed by atoms with E-state index in [1.165, 1.54) is 11.1 Å². The van der Waals surface area contributed by atoms with Crippen molar-refractivity contribution in [2.45, 2.75) is 38.7 Å². The van der Waals surface area contributed by atoms with Crippen molar-refractivity contribution < 1.29 is 4.74 Å². The fourth-order valence-electron chi connectivity index (χ4n) is 2.07. The van der Waals surface area contributed by atoms with Gasteiger partial charge in [0, 0.05) is 0 Å². The molecule has 1 unspecified atom stereocenters. The Balaban J connectivity index is 2.26. The second kappa shape index (κ2) is 3.94. The number of hydrogen-bond acceptors (Lipinski definition) is 2. The van der Waals surface area contributed by atoms with Gasteiger partial charge in [-0.1, -0.05) is 6.07 Å². The van der Waals surface area contributed by atoms with Crippen molar-refractivity contribution in [1.82, 2.24) is 0 Å². The van der Waals surface area contributed by atoms with Gasteiger partial charge in [-0.2, -0.15) is 5.26 Å². The minimum Gasteiger partial charge on any atom is -0.491 e. The summed E-state index contributed by atoms with van der Waals surface area (Å²) in [5, 5.41) is 8.95. The zero-order valence-corrected chi connectivity index (χ0v) is 9.16. The summed E-state index contributed by atoms with van der Waals surface area (Å²) in [7, 11) is 0. The smallest absolute Gasteiger partial charge is 0.119 e. The SMILES string of the molecule is CC(C)Oc1ccc2c(c1)CCC2C#N. The Morgan fingerprint density at radius 1 is 1.47 bits per heavy atom. The third-order valence-corrected chi connectivity index (χ3v) is 2.72. The fraction of sp³-hybridized carbons (Fsp3) is 0.462. The number of nitrogens with zero attached hydrogens (tertiary/aromatic N) is 1. The van der Waals surface area contributed by atoms with Gasteiger partial charge in [-0.05, 0) is 49.9 Å². The fourth-order valence-corrected chi connectivity index (χ4v) is 2.07. The van der Waals surface area contributed by atoms with E-state index >= 15 is 0 Å². The lowest BCUT2D eigenvalue weighted by atomic mass is 10.0. The molecule has 0 heterocycles. The molecule has 2 rings (SSSR count). The summed E-state index contributed by atoms with van der Waals surface area (Å²) in [5.41, 5.74) is 2.47. The lowest BCUT2D eigenvalue weighted by Crippen LogP contribution is -2.05. The van der Waals surface area contributed by atoms with E-state index < -0.39 is 0 Å². The van der Waals surface area contributed by atoms with Crippen LogP contribution in [0.5, 0.6) is 5.75 Å². The van der Waals surface area contributed by atoms with Crippen molar-refractivity contribution in [3.8, 4) is 11.8 Å². The maximum atomic E-state index is 8.95. The van der Waals surface area contributed by atoms with Crippen molar-refractivity contribution in [3.05, 3.63) is 29.3 Å². The average Bonchev–Trinajstić information content (AvgIpc) is 2.58. The van der Waals surface area contributed by atoms with Gasteiger partial charge in [0.05, 0.1) is 18.1 Å². The molecule has 0 saturated carbocycles. The number of aryl methyl sites for hydroxylation is 1. The number of nitriles is 1. The molecular weight excluding hydrogens is 186 g/mol. The molecule has 78 valence electrons. The van der Waals surface area contributed by atoms with Crippen LogP contribution in [-0.4, -0.2) is 6.10 Å². The molecule has 1 aliphatic rings. The highest BCUT2D eigenvalue weighted by Gasteiger charge is 2.22. The standard InChI is InChI=1S/C13H15NO/c1-9(2)15-12-5-6-13-10(7-12)3-4-11(13)8-14/h5-7,9,11H,3-4H2,1-2H3. The van der Waals surface area contributed by atoms with Crippen LogP contribution < -0.4 is 4.74 Å². The van der Waals surface area contributed by atoms with Gasteiger partial charge in [-0.25, -0.2) is 0 Å². The first-order valence-electron chi connectivity index (χ1n) is 5.40. The lowest BCUT2D eigenvalue weighted by Gasteiger charge is -2.11. The molecule has 15 heavy (non-hydrogen) atoms. The van der Waals surface area contributed by atoms with Gasteiger partial charge in [0.25, 0.3) is 0 Å². The van der Waals surface area contributed by atoms with Gasteiger partial charge in [-0.15, -0.1) is 0 Å². The van der Waals surface area contributed by atoms with Crippen molar-refractivity contribution in [3.63, 3.8) is 0 Å². The van der Waals surface area contributed by atoms with E-state index in [0.29, 0.717) is 0 Å². The van der Waals surface area contributed by atoms with Crippen molar-refractivity contribution in [2.24, 2.45) is 0 Å². The molecule has 0 saturated heterocycles. The normalized spacial score (nSPS) is 18.7. The van der Waals surface area contributed by atoms with Crippen LogP contribution in [-0.2, 0) is 6.42 Å². The Kier molecular flexibility index (Phi) is 2.64. The molecule has 0 amide bonds. The minimum absolute atomic E-state index is 0.0908. The average molecular weight is 201 g/mol. The molecule has 1 atom stereocenters. The van der Waals surface area contributed by atoms with E-state index in [1.807, 2.05) is 26.0 Å². The first-order chi connectivity index (χ1) is 7.20. The minimum atomic E-state index is 0.0908. The maximum Gasteiger partial charge on any atom is 0.119 e. The molecule has 0 bridgehead atoms. The Labute approximate surface area is 90.5 Å². The van der Waals surface area contributed by atoms with E-state index in [1.54, 1.807) is 0 Å². The Hall–Kier alpha value is -1.49. The van der Waals surface area contributed by atoms with E-state index in [4.69, 9.17) is 10.00 Å². The molecule has 0 radical (unpaired) electrons. The van der Waals surface area contributed by atoms with Crippen LogP contribution in [0.3, 0.4) is 0 Å². The van der Waals surface area contributed by atoms with Crippen LogP contribution in [0, 0.1) is 11.3 Å². The molecule has 2 heteroatoms. The Morgan fingerprint density at radius 3 is 2.93 bits per heavy atom. The summed E-state index contributed by atoms with van der Waals surface area (Å²) in [5.74, 6) is 1.01. The van der Waals surface area contributed by atoms with E-state index in [-0.39, 0.29) is 12.0 Å². The second-order valence-corrected chi connectivity index (χ2v) is 4.25. The molecule has 0 spiro atoms. The van der Waals surface area contributed by atoms with Gasteiger partial charge in [0.1, 0.15) is 5.75 Å². The number of rotatable bonds is 2. The van der Waals surface area contributed by atoms with Crippen molar-refractivity contribution in [2.75, 3.05) is 0 Å². The highest BCUT2D eigenvalue weighted by atomic mass is 16.5. The number of ether oxygens (including phenoxy) is 1. The quantitative estimate of drug-likeness (QED) is 0.736. The van der Waals surface area contributed by atoms with Gasteiger partial charge in [0.15, 0.2) is 0 Å². The first kappa shape index (κ1) is 10.0. The first-order valence-corrected chi connectivity index (χ1v) is 5.40. The van der Waals surface area contributed by atoms with Crippen LogP contribution in [0.15, 0.2) is 18.2 Å². The van der Waals surface area contributed by atoms with Crippen LogP contribution in [0.4, 0.5) is 0 Å². The van der Waals surface area contributed by atoms with Crippen LogP contribution in [0.25, 0.3) is 0 Å². The van der Waals surface area contributed by atoms with Crippen LogP contribution in [0.2, 0.25) is 0 Å². The molecule has 0 aliphatic heterocycles. The summed E-state index contributed by atoms with van der Waals surface area (Å²) < 4.78 is 5.63. The van der Waals surface area contributed by atoms with Crippen molar-refractivity contribution >= 4 is 0 Å². The number of hydrogen-bond donors (Lipinski definition) is 0. The molecule has 2 nitrogen and oxygen atoms in total. The number of fused-ring (bicyclic) bond motifs is 1. The zero-order chi connectivity index (χ0) is 10.8. The number of benzene rings is 1. The molecule has 0 aromatic heterocycles. The summed E-state index contributed by atoms with van der Waals surface area (Å²) in [4.78, 5) is 0. The summed E-state index contributed by atoms with van der Waals surface area (Å²) in [6.07, 6.45) is 2.16. The Morgan fingerprint density at radius 2 is 2.27 bits per heavy atom. The summed E-state index contributed by atoms with van der Waals surface area (Å²) >= 11 is 0. The predicted octanol–water partition coefficient (Wildman–Crippen LogP) is 3.03. The van der Waals surface area contributed by atoms with Gasteiger partial charge in [-0.3, -0.25) is 0 Å². The third-order valence-electron chi connectivity index (χ3n) is 2.72. The third kappa shape index (κ3) is 1.97. The molecule has 1 aromatic rings. The second-order valence-electron chi connectivity index (χ2n) is 4.25. The Bertz CT molecular complexity index is 403. The van der Waals surface area contributed by atoms with E-state index in [2.05, 4.69) is 12.1 Å². The van der Waals surface area contributed by atoms with Crippen LogP contribution >= 0.6 is 0 Å². The van der Waals surface area contributed by atoms with Crippen molar-refractivity contribution in [1.29, 1.82) is 5.26 Å². The summed E-state index contributed by atoms with van der Waals surface area (Å²) in [6, 6.07) is 8.42. The predicted molar refractivity (Wildman–Crippen MR) is 58.9 cm³/mol. The largest absolute Gasteiger partial charge is 0.491 e. The monoisotopic (exact) mass is 201 g/mol. The molecule has 1 aromatic carbocycles. The maximum absolute atomic E-state index is 8.95. The van der Waals surface area contributed by atoms with E-state index in [9.17, 15) is 0 Å². The van der Waals surface area contributed by atoms with Gasteiger partial charge < -0.3 is 4.74 Å². The van der Waals surface area contributed by atoms with E-state index in [0.717, 1.165) is 18.6 Å². The highest BCUT2D eigenvalue weighted by molar-refractivity contribution is 5.43. The topological polar surface area (TPSA) is 33.0 Å². The summed E-state index contributed by atoms with van der Waals surface area (Å²) in [6.45, 7) is 4.04. The highest BCUT2D eigenvalue weighted by Crippen LogP contribution is 2.34. The molecule has 0 fully saturated rings. The molecule has 1 aliphatic carbocycles. The molecule has 0 N–H and O–H groups in total.